The molecule has 0 unspecified atom stereocenters. The minimum Gasteiger partial charge on any atom is -0.490 e. The van der Waals surface area contributed by atoms with Crippen molar-refractivity contribution >= 4 is 21.4 Å². The zero-order chi connectivity index (χ0) is 19.6. The van der Waals surface area contributed by atoms with Gasteiger partial charge in [-0.2, -0.15) is 4.31 Å². The summed E-state index contributed by atoms with van der Waals surface area (Å²) in [5.41, 5.74) is 0. The number of likely N-dealkylation sites (tertiary alicyclic amines) is 1. The van der Waals surface area contributed by atoms with Crippen molar-refractivity contribution < 1.29 is 13.2 Å². The van der Waals surface area contributed by atoms with Crippen LogP contribution in [0.15, 0.2) is 40.9 Å². The Morgan fingerprint density at radius 1 is 1.00 bits per heavy atom. The van der Waals surface area contributed by atoms with E-state index in [-0.39, 0.29) is 6.10 Å². The lowest BCUT2D eigenvalue weighted by atomic mass is 10.00. The fourth-order valence-corrected chi connectivity index (χ4v) is 7.00. The van der Waals surface area contributed by atoms with Crippen molar-refractivity contribution in [3.05, 3.63) is 41.5 Å². The predicted molar refractivity (Wildman–Crippen MR) is 110 cm³/mol. The summed E-state index contributed by atoms with van der Waals surface area (Å²) in [5.74, 6) is 0.885. The normalized spacial score (nSPS) is 21.0. The summed E-state index contributed by atoms with van der Waals surface area (Å²) >= 11 is 1.36. The largest absolute Gasteiger partial charge is 0.490 e. The Bertz CT molecular complexity index is 869. The highest BCUT2D eigenvalue weighted by Gasteiger charge is 2.33. The Kier molecular flexibility index (Phi) is 6.01. The first-order chi connectivity index (χ1) is 13.5. The van der Waals surface area contributed by atoms with E-state index in [1.165, 1.54) is 11.3 Å². The summed E-state index contributed by atoms with van der Waals surface area (Å²) < 4.78 is 33.8. The Morgan fingerprint density at radius 3 is 2.29 bits per heavy atom. The van der Waals surface area contributed by atoms with Gasteiger partial charge in [0.2, 0.25) is 0 Å². The van der Waals surface area contributed by atoms with Crippen LogP contribution in [0.4, 0.5) is 0 Å². The van der Waals surface area contributed by atoms with Gasteiger partial charge in [0.1, 0.15) is 16.1 Å². The molecule has 4 heterocycles. The maximum atomic E-state index is 12.8. The molecular weight excluding hydrogens is 394 g/mol. The molecule has 0 atom stereocenters. The van der Waals surface area contributed by atoms with E-state index in [9.17, 15) is 8.42 Å². The smallest absolute Gasteiger partial charge is 0.252 e. The molecule has 2 aromatic heterocycles. The minimum atomic E-state index is -3.33. The second kappa shape index (κ2) is 8.49. The summed E-state index contributed by atoms with van der Waals surface area (Å²) in [6.45, 7) is 5.18. The summed E-state index contributed by atoms with van der Waals surface area (Å²) in [7, 11) is -3.33. The van der Waals surface area contributed by atoms with E-state index in [2.05, 4.69) is 9.88 Å². The summed E-state index contributed by atoms with van der Waals surface area (Å²) in [5, 5.41) is 0. The molecule has 0 radical (unpaired) electrons. The van der Waals surface area contributed by atoms with Crippen LogP contribution in [0.5, 0.6) is 5.75 Å². The van der Waals surface area contributed by atoms with Gasteiger partial charge in [-0.05, 0) is 56.9 Å². The molecule has 28 heavy (non-hydrogen) atoms. The van der Waals surface area contributed by atoms with E-state index in [4.69, 9.17) is 4.74 Å². The molecule has 0 saturated carbocycles. The van der Waals surface area contributed by atoms with Gasteiger partial charge >= 0.3 is 0 Å². The highest BCUT2D eigenvalue weighted by Crippen LogP contribution is 2.29. The van der Waals surface area contributed by atoms with Gasteiger partial charge in [-0.3, -0.25) is 4.98 Å². The van der Waals surface area contributed by atoms with Crippen LogP contribution >= 0.6 is 11.3 Å². The lowest BCUT2D eigenvalue weighted by Gasteiger charge is -2.41. The summed E-state index contributed by atoms with van der Waals surface area (Å²) in [6.07, 6.45) is 7.58. The van der Waals surface area contributed by atoms with E-state index in [1.54, 1.807) is 22.8 Å². The summed E-state index contributed by atoms with van der Waals surface area (Å²) in [4.78, 5) is 7.57. The zero-order valence-corrected chi connectivity index (χ0v) is 17.8. The third-order valence-electron chi connectivity index (χ3n) is 5.68. The highest BCUT2D eigenvalue weighted by molar-refractivity contribution is 7.91. The number of ether oxygens (including phenoxy) is 1. The zero-order valence-electron chi connectivity index (χ0n) is 16.2. The van der Waals surface area contributed by atoms with Gasteiger partial charge < -0.3 is 9.64 Å². The molecule has 2 fully saturated rings. The number of sulfonamides is 1. The molecule has 0 aliphatic carbocycles. The average molecular weight is 422 g/mol. The monoisotopic (exact) mass is 421 g/mol. The molecule has 8 heteroatoms. The van der Waals surface area contributed by atoms with Crippen LogP contribution in [0.1, 0.15) is 30.6 Å². The number of nitrogens with zero attached hydrogens (tertiary/aromatic N) is 3. The van der Waals surface area contributed by atoms with Crippen molar-refractivity contribution in [2.24, 2.45) is 0 Å². The van der Waals surface area contributed by atoms with Gasteiger partial charge in [-0.1, -0.05) is 0 Å². The van der Waals surface area contributed by atoms with Gasteiger partial charge in [0.05, 0.1) is 0 Å². The second-order valence-electron chi connectivity index (χ2n) is 7.54. The fraction of sp³-hybridized carbons (Fsp3) is 0.550. The molecule has 4 rings (SSSR count). The van der Waals surface area contributed by atoms with Gasteiger partial charge in [-0.25, -0.2) is 8.42 Å². The van der Waals surface area contributed by atoms with Crippen LogP contribution in [0.2, 0.25) is 0 Å². The average Bonchev–Trinajstić information content (AvgIpc) is 3.17. The standard InChI is InChI=1S/C20H27N3O3S2/c1-16-2-3-20(27-16)28(24,25)23-14-6-17(7-15-23)22-12-8-19(9-13-22)26-18-4-10-21-11-5-18/h2-5,10-11,17,19H,6-9,12-15H2,1H3. The van der Waals surface area contributed by atoms with Crippen molar-refractivity contribution in [1.82, 2.24) is 14.2 Å². The number of hydrogen-bond donors (Lipinski definition) is 0. The van der Waals surface area contributed by atoms with Crippen LogP contribution in [-0.2, 0) is 10.0 Å². The molecule has 2 saturated heterocycles. The van der Waals surface area contributed by atoms with E-state index in [0.717, 1.165) is 49.4 Å². The molecule has 152 valence electrons. The fourth-order valence-electron chi connectivity index (χ4n) is 4.09. The van der Waals surface area contributed by atoms with E-state index < -0.39 is 10.0 Å². The van der Waals surface area contributed by atoms with Gasteiger partial charge in [0.25, 0.3) is 10.0 Å². The number of hydrogen-bond acceptors (Lipinski definition) is 6. The topological polar surface area (TPSA) is 62.7 Å². The van der Waals surface area contributed by atoms with Crippen molar-refractivity contribution in [2.75, 3.05) is 26.2 Å². The number of piperidine rings is 2. The first kappa shape index (κ1) is 19.8. The van der Waals surface area contributed by atoms with E-state index in [1.807, 2.05) is 25.1 Å². The molecule has 0 bridgehead atoms. The minimum absolute atomic E-state index is 0.251. The van der Waals surface area contributed by atoms with Crippen LogP contribution in [0.25, 0.3) is 0 Å². The maximum absolute atomic E-state index is 12.8. The van der Waals surface area contributed by atoms with Crippen LogP contribution < -0.4 is 4.74 Å². The van der Waals surface area contributed by atoms with Gasteiger partial charge in [0.15, 0.2) is 0 Å². The molecule has 2 aliphatic heterocycles. The van der Waals surface area contributed by atoms with Gasteiger partial charge in [0, 0.05) is 49.5 Å². The number of thiophene rings is 1. The van der Waals surface area contributed by atoms with Crippen LogP contribution in [0, 0.1) is 6.92 Å². The van der Waals surface area contributed by atoms with Crippen molar-refractivity contribution in [3.8, 4) is 5.75 Å². The van der Waals surface area contributed by atoms with Gasteiger partial charge in [-0.15, -0.1) is 11.3 Å². The van der Waals surface area contributed by atoms with E-state index in [0.29, 0.717) is 23.3 Å². The molecule has 2 aliphatic rings. The van der Waals surface area contributed by atoms with Crippen LogP contribution in [-0.4, -0.2) is 60.9 Å². The van der Waals surface area contributed by atoms with Crippen LogP contribution in [0.3, 0.4) is 0 Å². The maximum Gasteiger partial charge on any atom is 0.252 e. The number of pyridine rings is 1. The first-order valence-corrected chi connectivity index (χ1v) is 12.2. The predicted octanol–water partition coefficient (Wildman–Crippen LogP) is 3.15. The molecule has 0 aromatic carbocycles. The Hall–Kier alpha value is -1.48. The Labute approximate surface area is 171 Å². The molecule has 0 N–H and O–H groups in total. The molecule has 0 amide bonds. The Morgan fingerprint density at radius 2 is 1.68 bits per heavy atom. The lowest BCUT2D eigenvalue weighted by Crippen LogP contribution is -2.50. The third-order valence-corrected chi connectivity index (χ3v) is 9.05. The number of rotatable bonds is 5. The SMILES string of the molecule is Cc1ccc(S(=O)(=O)N2CCC(N3CCC(Oc4ccncc4)CC3)CC2)s1. The Balaban J connectivity index is 1.27. The van der Waals surface area contributed by atoms with Crippen molar-refractivity contribution in [1.29, 1.82) is 0 Å². The number of aromatic nitrogens is 1. The van der Waals surface area contributed by atoms with E-state index >= 15 is 0 Å². The first-order valence-electron chi connectivity index (χ1n) is 9.90. The summed E-state index contributed by atoms with van der Waals surface area (Å²) in [6, 6.07) is 7.88. The van der Waals surface area contributed by atoms with Crippen molar-refractivity contribution in [3.63, 3.8) is 0 Å². The second-order valence-corrected chi connectivity index (χ2v) is 11.0. The molecule has 6 nitrogen and oxygen atoms in total. The molecular formula is C20H27N3O3S2. The third kappa shape index (κ3) is 4.40. The quantitative estimate of drug-likeness (QED) is 0.742. The lowest BCUT2D eigenvalue weighted by molar-refractivity contribution is 0.0585. The van der Waals surface area contributed by atoms with Crippen molar-refractivity contribution in [2.45, 2.75) is 49.0 Å². The molecule has 2 aromatic rings. The molecule has 0 spiro atoms. The highest BCUT2D eigenvalue weighted by atomic mass is 32.2. The number of aryl methyl sites for hydroxylation is 1.